The molecule has 0 aliphatic heterocycles. The highest BCUT2D eigenvalue weighted by Crippen LogP contribution is 2.38. The van der Waals surface area contributed by atoms with Gasteiger partial charge in [-0.15, -0.1) is 0 Å². The van der Waals surface area contributed by atoms with Gasteiger partial charge >= 0.3 is 0 Å². The molecule has 0 heterocycles. The minimum atomic E-state index is -4.55. The smallest absolute Gasteiger partial charge is 0.268 e. The highest BCUT2D eigenvalue weighted by atomic mass is 31.2. The summed E-state index contributed by atoms with van der Waals surface area (Å²) < 4.78 is 23.1. The van der Waals surface area contributed by atoms with Crippen molar-refractivity contribution < 1.29 is 32.9 Å². The van der Waals surface area contributed by atoms with E-state index in [0.717, 1.165) is 44.9 Å². The number of hydrogen-bond donors (Lipinski definition) is 2. The molecular formula is C48H95N2O6P. The van der Waals surface area contributed by atoms with Gasteiger partial charge in [0.2, 0.25) is 5.91 Å². The predicted octanol–water partition coefficient (Wildman–Crippen LogP) is 13.1. The van der Waals surface area contributed by atoms with Crippen LogP contribution in [0.5, 0.6) is 0 Å². The fraction of sp³-hybridized carbons (Fsp3) is 0.896. The number of nitrogens with one attached hydrogen (secondary N) is 1. The molecule has 0 radical (unpaired) electrons. The Balaban J connectivity index is 3.90. The van der Waals surface area contributed by atoms with Gasteiger partial charge in [-0.05, 0) is 44.9 Å². The van der Waals surface area contributed by atoms with Crippen molar-refractivity contribution in [2.45, 2.75) is 238 Å². The summed E-state index contributed by atoms with van der Waals surface area (Å²) in [6.07, 6.45) is 48.1. The largest absolute Gasteiger partial charge is 0.756 e. The average Bonchev–Trinajstić information content (AvgIpc) is 3.16. The molecule has 0 aromatic carbocycles. The van der Waals surface area contributed by atoms with Crippen LogP contribution in [-0.2, 0) is 18.4 Å². The molecule has 0 aliphatic rings. The van der Waals surface area contributed by atoms with Crippen LogP contribution in [0.15, 0.2) is 24.3 Å². The second kappa shape index (κ2) is 40.4. The summed E-state index contributed by atoms with van der Waals surface area (Å²) in [6.45, 7) is 4.65. The number of carbonyl (C=O) groups excluding carboxylic acids is 1. The molecule has 0 rings (SSSR count). The summed E-state index contributed by atoms with van der Waals surface area (Å²) in [7, 11) is 1.31. The van der Waals surface area contributed by atoms with Gasteiger partial charge in [0.1, 0.15) is 13.2 Å². The van der Waals surface area contributed by atoms with Crippen molar-refractivity contribution >= 4 is 13.7 Å². The minimum Gasteiger partial charge on any atom is -0.756 e. The lowest BCUT2D eigenvalue weighted by molar-refractivity contribution is -0.870. The molecule has 3 unspecified atom stereocenters. The Bertz CT molecular complexity index is 984. The molecule has 0 spiro atoms. The van der Waals surface area contributed by atoms with Gasteiger partial charge in [-0.2, -0.15) is 0 Å². The molecule has 57 heavy (non-hydrogen) atoms. The lowest BCUT2D eigenvalue weighted by Gasteiger charge is -2.30. The van der Waals surface area contributed by atoms with Crippen LogP contribution in [0.1, 0.15) is 226 Å². The number of phosphoric ester groups is 1. The molecule has 0 saturated carbocycles. The first kappa shape index (κ1) is 56.0. The van der Waals surface area contributed by atoms with E-state index in [1.54, 1.807) is 0 Å². The Hall–Kier alpha value is -1.02. The van der Waals surface area contributed by atoms with Crippen LogP contribution >= 0.6 is 7.82 Å². The maximum absolute atomic E-state index is 12.8. The van der Waals surface area contributed by atoms with Crippen LogP contribution in [0.2, 0.25) is 0 Å². The lowest BCUT2D eigenvalue weighted by Crippen LogP contribution is -2.46. The fourth-order valence-corrected chi connectivity index (χ4v) is 7.79. The van der Waals surface area contributed by atoms with Crippen molar-refractivity contribution in [2.75, 3.05) is 40.9 Å². The molecule has 0 aromatic rings. The highest BCUT2D eigenvalue weighted by Gasteiger charge is 2.24. The van der Waals surface area contributed by atoms with E-state index in [-0.39, 0.29) is 19.1 Å². The second-order valence-electron chi connectivity index (χ2n) is 17.8. The van der Waals surface area contributed by atoms with E-state index in [1.807, 2.05) is 21.1 Å². The van der Waals surface area contributed by atoms with Gasteiger partial charge in [0, 0.05) is 6.42 Å². The number of aliphatic hydroxyl groups is 1. The normalized spacial score (nSPS) is 14.4. The number of hydrogen-bond acceptors (Lipinski definition) is 6. The third-order valence-corrected chi connectivity index (χ3v) is 11.9. The maximum atomic E-state index is 12.8. The maximum Gasteiger partial charge on any atom is 0.268 e. The summed E-state index contributed by atoms with van der Waals surface area (Å²) in [5, 5.41) is 13.8. The number of aliphatic hydroxyl groups excluding tert-OH is 1. The molecule has 0 saturated heterocycles. The number of allylic oxidation sites excluding steroid dienone is 4. The molecule has 8 nitrogen and oxygen atoms in total. The molecule has 0 bridgehead atoms. The van der Waals surface area contributed by atoms with Crippen molar-refractivity contribution in [1.82, 2.24) is 5.32 Å². The first-order valence-corrected chi connectivity index (χ1v) is 25.6. The molecular weight excluding hydrogens is 732 g/mol. The first-order chi connectivity index (χ1) is 27.5. The van der Waals surface area contributed by atoms with E-state index < -0.39 is 20.0 Å². The van der Waals surface area contributed by atoms with E-state index in [2.05, 4.69) is 43.5 Å². The topological polar surface area (TPSA) is 108 Å². The van der Waals surface area contributed by atoms with Crippen LogP contribution < -0.4 is 10.2 Å². The first-order valence-electron chi connectivity index (χ1n) is 24.2. The molecule has 0 fully saturated rings. The zero-order valence-electron chi connectivity index (χ0n) is 38.3. The van der Waals surface area contributed by atoms with Gasteiger partial charge in [0.15, 0.2) is 0 Å². The number of rotatable bonds is 44. The SMILES string of the molecule is CCCCCCC/C=C\C/C=C\CCCCCCCCCCCCCCCCCCCC(=O)NC(COP(=O)([O-])OCC[N+](C)(C)C)C(O)CCCCCCCC. The number of amides is 1. The quantitative estimate of drug-likeness (QED) is 0.0274. The molecule has 3 atom stereocenters. The monoisotopic (exact) mass is 827 g/mol. The Morgan fingerprint density at radius 1 is 0.614 bits per heavy atom. The van der Waals surface area contributed by atoms with Crippen molar-refractivity contribution in [3.05, 3.63) is 24.3 Å². The van der Waals surface area contributed by atoms with E-state index in [0.29, 0.717) is 23.9 Å². The molecule has 2 N–H and O–H groups in total. The molecule has 0 aromatic heterocycles. The van der Waals surface area contributed by atoms with Crippen LogP contribution in [0.25, 0.3) is 0 Å². The van der Waals surface area contributed by atoms with Crippen LogP contribution in [-0.4, -0.2) is 68.5 Å². The molecule has 0 aliphatic carbocycles. The van der Waals surface area contributed by atoms with Gasteiger partial charge in [0.05, 0.1) is 39.9 Å². The number of quaternary nitrogens is 1. The number of likely N-dealkylation sites (N-methyl/N-ethyl adjacent to an activating group) is 1. The summed E-state index contributed by atoms with van der Waals surface area (Å²) in [4.78, 5) is 25.2. The Labute approximate surface area is 354 Å². The van der Waals surface area contributed by atoms with Crippen molar-refractivity contribution in [2.24, 2.45) is 0 Å². The average molecular weight is 827 g/mol. The van der Waals surface area contributed by atoms with Crippen molar-refractivity contribution in [3.8, 4) is 0 Å². The summed E-state index contributed by atoms with van der Waals surface area (Å²) >= 11 is 0. The highest BCUT2D eigenvalue weighted by molar-refractivity contribution is 7.45. The van der Waals surface area contributed by atoms with Crippen LogP contribution in [0.3, 0.4) is 0 Å². The summed E-state index contributed by atoms with van der Waals surface area (Å²) in [5.41, 5.74) is 0. The van der Waals surface area contributed by atoms with Crippen molar-refractivity contribution in [3.63, 3.8) is 0 Å². The number of carbonyl (C=O) groups is 1. The zero-order chi connectivity index (χ0) is 42.1. The van der Waals surface area contributed by atoms with Gasteiger partial charge in [-0.3, -0.25) is 9.36 Å². The summed E-state index contributed by atoms with van der Waals surface area (Å²) in [5.74, 6) is -0.168. The van der Waals surface area contributed by atoms with Gasteiger partial charge in [-0.25, -0.2) is 0 Å². The Morgan fingerprint density at radius 2 is 1.02 bits per heavy atom. The van der Waals surface area contributed by atoms with Crippen LogP contribution in [0, 0.1) is 0 Å². The van der Waals surface area contributed by atoms with E-state index in [1.165, 1.54) is 154 Å². The third-order valence-electron chi connectivity index (χ3n) is 10.9. The van der Waals surface area contributed by atoms with Gasteiger partial charge < -0.3 is 28.8 Å². The Kier molecular flexibility index (Phi) is 39.7. The molecule has 338 valence electrons. The predicted molar refractivity (Wildman–Crippen MR) is 242 cm³/mol. The standard InChI is InChI=1S/C48H95N2O6P/c1-6-8-10-12-14-15-16-17-18-19-20-21-22-23-24-25-26-27-28-29-30-31-32-33-34-35-36-38-40-42-48(52)49-46(47(51)41-39-37-13-11-9-7-2)45-56-57(53,54)55-44-43-50(3,4)5/h16-17,19-20,46-47,51H,6-15,18,21-45H2,1-5H3,(H-,49,52,53,54)/b17-16-,20-19-. The molecule has 1 amide bonds. The van der Waals surface area contributed by atoms with Crippen molar-refractivity contribution in [1.29, 1.82) is 0 Å². The van der Waals surface area contributed by atoms with Crippen LogP contribution in [0.4, 0.5) is 0 Å². The molecule has 9 heteroatoms. The zero-order valence-corrected chi connectivity index (χ0v) is 39.2. The van der Waals surface area contributed by atoms with E-state index >= 15 is 0 Å². The number of phosphoric acid groups is 1. The third kappa shape index (κ3) is 42.9. The number of nitrogens with zero attached hydrogens (tertiary/aromatic N) is 1. The summed E-state index contributed by atoms with van der Waals surface area (Å²) in [6, 6.07) is -0.794. The fourth-order valence-electron chi connectivity index (χ4n) is 7.07. The second-order valence-corrected chi connectivity index (χ2v) is 19.2. The van der Waals surface area contributed by atoms with Gasteiger partial charge in [0.25, 0.3) is 7.82 Å². The van der Waals surface area contributed by atoms with Gasteiger partial charge in [-0.1, -0.05) is 199 Å². The van der Waals surface area contributed by atoms with E-state index in [4.69, 9.17) is 9.05 Å². The number of unbranched alkanes of at least 4 members (excludes halogenated alkanes) is 27. The minimum absolute atomic E-state index is 0.0129. The van der Waals surface area contributed by atoms with E-state index in [9.17, 15) is 19.4 Å². The Morgan fingerprint density at radius 3 is 1.46 bits per heavy atom. The lowest BCUT2D eigenvalue weighted by atomic mass is 10.0.